The third-order valence-electron chi connectivity index (χ3n) is 2.72. The molecular weight excluding hydrogens is 248 g/mol. The number of aliphatic hydroxyl groups is 2. The van der Waals surface area contributed by atoms with Gasteiger partial charge in [-0.15, -0.1) is 0 Å². The summed E-state index contributed by atoms with van der Waals surface area (Å²) < 4.78 is 16.4. The third-order valence-corrected chi connectivity index (χ3v) is 2.72. The quantitative estimate of drug-likeness (QED) is 0.772. The van der Waals surface area contributed by atoms with Crippen molar-refractivity contribution in [3.63, 3.8) is 0 Å². The molecule has 1 aliphatic heterocycles. The topological polar surface area (TPSA) is 68.2 Å². The first-order valence-electron chi connectivity index (χ1n) is 6.32. The number of benzene rings is 1. The zero-order valence-electron chi connectivity index (χ0n) is 10.9. The van der Waals surface area contributed by atoms with Gasteiger partial charge in [-0.25, -0.2) is 0 Å². The number of ether oxygens (including phenoxy) is 3. The van der Waals surface area contributed by atoms with Crippen LogP contribution < -0.4 is 9.47 Å². The minimum absolute atomic E-state index is 0.0789. The highest BCUT2D eigenvalue weighted by Gasteiger charge is 2.23. The van der Waals surface area contributed by atoms with Gasteiger partial charge >= 0.3 is 0 Å². The van der Waals surface area contributed by atoms with Gasteiger partial charge in [0.1, 0.15) is 6.61 Å². The van der Waals surface area contributed by atoms with E-state index in [1.54, 1.807) is 18.2 Å². The Morgan fingerprint density at radius 3 is 2.89 bits per heavy atom. The van der Waals surface area contributed by atoms with Gasteiger partial charge in [0.15, 0.2) is 23.0 Å². The molecule has 1 heterocycles. The zero-order valence-corrected chi connectivity index (χ0v) is 10.9. The van der Waals surface area contributed by atoms with Crippen molar-refractivity contribution in [3.05, 3.63) is 29.5 Å². The molecule has 5 nitrogen and oxygen atoms in total. The summed E-state index contributed by atoms with van der Waals surface area (Å²) in [6.07, 6.45) is 0.551. The Balaban J connectivity index is 2.24. The van der Waals surface area contributed by atoms with E-state index >= 15 is 0 Å². The number of hydrogen-bond donors (Lipinski definition) is 2. The summed E-state index contributed by atoms with van der Waals surface area (Å²) in [4.78, 5) is 0. The summed E-state index contributed by atoms with van der Waals surface area (Å²) in [5.74, 6) is 1.60. The number of rotatable bonds is 6. The third kappa shape index (κ3) is 2.93. The van der Waals surface area contributed by atoms with Crippen LogP contribution in [0.5, 0.6) is 11.5 Å². The van der Waals surface area contributed by atoms with Crippen LogP contribution in [0.25, 0.3) is 5.76 Å². The van der Waals surface area contributed by atoms with E-state index in [2.05, 4.69) is 0 Å². The number of fused-ring (bicyclic) bond motifs is 1. The molecule has 0 aliphatic carbocycles. The molecule has 0 saturated heterocycles. The second kappa shape index (κ2) is 6.33. The molecule has 2 rings (SSSR count). The predicted molar refractivity (Wildman–Crippen MR) is 70.3 cm³/mol. The maximum absolute atomic E-state index is 10.1. The molecule has 19 heavy (non-hydrogen) atoms. The molecule has 0 atom stereocenters. The molecule has 104 valence electrons. The van der Waals surface area contributed by atoms with Gasteiger partial charge in [-0.05, 0) is 19.1 Å². The Hall–Kier alpha value is -1.88. The van der Waals surface area contributed by atoms with E-state index in [9.17, 15) is 5.11 Å². The van der Waals surface area contributed by atoms with Crippen molar-refractivity contribution in [2.24, 2.45) is 0 Å². The highest BCUT2D eigenvalue weighted by atomic mass is 16.5. The second-order valence-corrected chi connectivity index (χ2v) is 4.05. The molecular formula is C14H18O5. The lowest BCUT2D eigenvalue weighted by molar-refractivity contribution is 0.163. The molecule has 0 unspecified atom stereocenters. The predicted octanol–water partition coefficient (Wildman–Crippen LogP) is 2.10. The molecule has 0 amide bonds. The van der Waals surface area contributed by atoms with Gasteiger partial charge in [0.2, 0.25) is 0 Å². The van der Waals surface area contributed by atoms with Crippen molar-refractivity contribution >= 4 is 5.76 Å². The average molecular weight is 266 g/mol. The SMILES string of the molecule is CCOC1=C(O)c2cccc(OCCCO)c2OC1. The highest BCUT2D eigenvalue weighted by molar-refractivity contribution is 5.71. The Morgan fingerprint density at radius 1 is 1.32 bits per heavy atom. The molecule has 0 spiro atoms. The molecule has 1 aromatic rings. The maximum atomic E-state index is 10.1. The van der Waals surface area contributed by atoms with Gasteiger partial charge in [-0.2, -0.15) is 0 Å². The molecule has 1 aliphatic rings. The molecule has 0 saturated carbocycles. The van der Waals surface area contributed by atoms with Crippen LogP contribution in [0.2, 0.25) is 0 Å². The minimum atomic E-state index is 0.0789. The Labute approximate surface area is 112 Å². The van der Waals surface area contributed by atoms with E-state index in [-0.39, 0.29) is 19.0 Å². The van der Waals surface area contributed by atoms with Gasteiger partial charge < -0.3 is 24.4 Å². The molecule has 0 fully saturated rings. The summed E-state index contributed by atoms with van der Waals surface area (Å²) in [5, 5.41) is 18.9. The first kappa shape index (κ1) is 13.5. The highest BCUT2D eigenvalue weighted by Crippen LogP contribution is 2.39. The van der Waals surface area contributed by atoms with Crippen LogP contribution in [0.1, 0.15) is 18.9 Å². The fraction of sp³-hybridized carbons (Fsp3) is 0.429. The maximum Gasteiger partial charge on any atom is 0.176 e. The van der Waals surface area contributed by atoms with Gasteiger partial charge in [-0.3, -0.25) is 0 Å². The van der Waals surface area contributed by atoms with Crippen LogP contribution in [-0.2, 0) is 4.74 Å². The normalized spacial score (nSPS) is 13.8. The lowest BCUT2D eigenvalue weighted by atomic mass is 10.1. The summed E-state index contributed by atoms with van der Waals surface area (Å²) in [5.41, 5.74) is 0.566. The molecule has 2 N–H and O–H groups in total. The summed E-state index contributed by atoms with van der Waals surface area (Å²) in [7, 11) is 0. The van der Waals surface area contributed by atoms with Crippen LogP contribution in [0, 0.1) is 0 Å². The summed E-state index contributed by atoms with van der Waals surface area (Å²) in [6, 6.07) is 5.30. The van der Waals surface area contributed by atoms with Crippen LogP contribution >= 0.6 is 0 Å². The van der Waals surface area contributed by atoms with Gasteiger partial charge in [-0.1, -0.05) is 6.07 Å². The standard InChI is InChI=1S/C14H18O5/c1-2-17-12-9-19-14-10(13(12)16)5-3-6-11(14)18-8-4-7-15/h3,5-6,15-16H,2,4,7-9H2,1H3. The summed E-state index contributed by atoms with van der Waals surface area (Å²) in [6.45, 7) is 3.00. The molecule has 1 aromatic carbocycles. The fourth-order valence-electron chi connectivity index (χ4n) is 1.85. The van der Waals surface area contributed by atoms with Crippen molar-refractivity contribution in [2.45, 2.75) is 13.3 Å². The van der Waals surface area contributed by atoms with E-state index in [4.69, 9.17) is 19.3 Å². The first-order chi connectivity index (χ1) is 9.27. The van der Waals surface area contributed by atoms with E-state index in [0.717, 1.165) is 0 Å². The van der Waals surface area contributed by atoms with Crippen molar-refractivity contribution in [1.29, 1.82) is 0 Å². The smallest absolute Gasteiger partial charge is 0.176 e. The monoisotopic (exact) mass is 266 g/mol. The van der Waals surface area contributed by atoms with E-state index < -0.39 is 0 Å². The van der Waals surface area contributed by atoms with Crippen molar-refractivity contribution < 1.29 is 24.4 Å². The van der Waals surface area contributed by atoms with Crippen LogP contribution in [0.4, 0.5) is 0 Å². The molecule has 0 aromatic heterocycles. The van der Waals surface area contributed by atoms with Crippen LogP contribution in [0.15, 0.2) is 24.0 Å². The van der Waals surface area contributed by atoms with Crippen molar-refractivity contribution in [2.75, 3.05) is 26.4 Å². The number of aliphatic hydroxyl groups excluding tert-OH is 2. The van der Waals surface area contributed by atoms with Gasteiger partial charge in [0.25, 0.3) is 0 Å². The average Bonchev–Trinajstić information content (AvgIpc) is 2.43. The lowest BCUT2D eigenvalue weighted by Gasteiger charge is -2.22. The fourth-order valence-corrected chi connectivity index (χ4v) is 1.85. The molecule has 5 heteroatoms. The Kier molecular flexibility index (Phi) is 4.52. The minimum Gasteiger partial charge on any atom is -0.504 e. The van der Waals surface area contributed by atoms with Crippen molar-refractivity contribution in [1.82, 2.24) is 0 Å². The second-order valence-electron chi connectivity index (χ2n) is 4.05. The first-order valence-corrected chi connectivity index (χ1v) is 6.32. The van der Waals surface area contributed by atoms with Crippen molar-refractivity contribution in [3.8, 4) is 11.5 Å². The number of para-hydroxylation sites is 1. The molecule has 0 bridgehead atoms. The largest absolute Gasteiger partial charge is 0.504 e. The van der Waals surface area contributed by atoms with Crippen LogP contribution in [0.3, 0.4) is 0 Å². The van der Waals surface area contributed by atoms with Crippen LogP contribution in [-0.4, -0.2) is 36.6 Å². The summed E-state index contributed by atoms with van der Waals surface area (Å²) >= 11 is 0. The van der Waals surface area contributed by atoms with E-state index in [1.165, 1.54) is 0 Å². The molecule has 0 radical (unpaired) electrons. The van der Waals surface area contributed by atoms with E-state index in [1.807, 2.05) is 6.92 Å². The lowest BCUT2D eigenvalue weighted by Crippen LogP contribution is -2.15. The van der Waals surface area contributed by atoms with Gasteiger partial charge in [0.05, 0.1) is 18.8 Å². The Bertz CT molecular complexity index is 467. The van der Waals surface area contributed by atoms with Gasteiger partial charge in [0, 0.05) is 13.0 Å². The Morgan fingerprint density at radius 2 is 2.16 bits per heavy atom. The number of hydrogen-bond acceptors (Lipinski definition) is 5. The van der Waals surface area contributed by atoms with E-state index in [0.29, 0.717) is 42.5 Å². The zero-order chi connectivity index (χ0) is 13.7.